The summed E-state index contributed by atoms with van der Waals surface area (Å²) < 4.78 is 17.7. The highest BCUT2D eigenvalue weighted by Gasteiger charge is 2.48. The number of aromatic nitrogens is 1. The van der Waals surface area contributed by atoms with Crippen LogP contribution in [0.3, 0.4) is 0 Å². The normalized spacial score (nSPS) is 23.1. The number of benzene rings is 2. The molecule has 3 fully saturated rings. The molecule has 3 atom stereocenters. The van der Waals surface area contributed by atoms with Gasteiger partial charge >= 0.3 is 6.09 Å². The molecule has 2 bridgehead atoms. The van der Waals surface area contributed by atoms with Crippen LogP contribution in [0.15, 0.2) is 53.1 Å². The number of amides is 1. The summed E-state index contributed by atoms with van der Waals surface area (Å²) in [6.45, 7) is 1.34. The number of likely N-dealkylation sites (tertiary alicyclic amines) is 1. The minimum atomic E-state index is -0.245. The maximum Gasteiger partial charge on any atom is 0.410 e. The highest BCUT2D eigenvalue weighted by Crippen LogP contribution is 2.47. The van der Waals surface area contributed by atoms with Crippen molar-refractivity contribution in [3.63, 3.8) is 0 Å². The third-order valence-electron chi connectivity index (χ3n) is 7.32. The fourth-order valence-electron chi connectivity index (χ4n) is 5.37. The summed E-state index contributed by atoms with van der Waals surface area (Å²) in [7, 11) is 0. The van der Waals surface area contributed by atoms with Crippen LogP contribution in [0.5, 0.6) is 0 Å². The van der Waals surface area contributed by atoms with E-state index in [-0.39, 0.29) is 24.8 Å². The van der Waals surface area contributed by atoms with Crippen LogP contribution >= 0.6 is 23.2 Å². The Bertz CT molecular complexity index is 1210. The van der Waals surface area contributed by atoms with E-state index in [0.717, 1.165) is 42.6 Å². The highest BCUT2D eigenvalue weighted by molar-refractivity contribution is 6.39. The quantitative estimate of drug-likeness (QED) is 0.346. The fourth-order valence-corrected chi connectivity index (χ4v) is 5.95. The lowest BCUT2D eigenvalue weighted by atomic mass is 10.0. The first-order valence-corrected chi connectivity index (χ1v) is 12.9. The Hall–Kier alpha value is -2.54. The molecular weight excluding hydrogens is 487 g/mol. The molecule has 0 radical (unpaired) electrons. The maximum absolute atomic E-state index is 12.7. The van der Waals surface area contributed by atoms with Crippen molar-refractivity contribution >= 4 is 29.3 Å². The number of nitrogens with zero attached hydrogens (tertiary/aromatic N) is 2. The van der Waals surface area contributed by atoms with E-state index in [1.807, 2.05) is 41.3 Å². The molecule has 0 N–H and O–H groups in total. The molecule has 0 spiro atoms. The van der Waals surface area contributed by atoms with Gasteiger partial charge < -0.3 is 18.9 Å². The number of ether oxygens (including phenoxy) is 2. The topological polar surface area (TPSA) is 64.8 Å². The summed E-state index contributed by atoms with van der Waals surface area (Å²) in [6.07, 6.45) is 3.75. The molecule has 182 valence electrons. The molecule has 6 rings (SSSR count). The van der Waals surface area contributed by atoms with E-state index < -0.39 is 0 Å². The standard InChI is InChI=1S/C27H26Cl2N2O4/c28-21-7-4-8-22(29)24(21)25-20(26(35-30-25)17-9-10-17)15-33-23-12-19-11-18(23)13-31(19)27(32)34-14-16-5-2-1-3-6-16/h1-8,17-19,23H,9-15H2/t18-,19-,23-/m1/s1. The average molecular weight is 513 g/mol. The van der Waals surface area contributed by atoms with Crippen LogP contribution in [0.25, 0.3) is 11.3 Å². The number of rotatable bonds is 7. The van der Waals surface area contributed by atoms with Crippen molar-refractivity contribution in [1.82, 2.24) is 10.1 Å². The Balaban J connectivity index is 1.11. The summed E-state index contributed by atoms with van der Waals surface area (Å²) in [5.74, 6) is 1.55. The van der Waals surface area contributed by atoms with Crippen LogP contribution in [0.2, 0.25) is 10.0 Å². The lowest BCUT2D eigenvalue weighted by molar-refractivity contribution is -0.0114. The summed E-state index contributed by atoms with van der Waals surface area (Å²) in [4.78, 5) is 14.5. The molecular formula is C27H26Cl2N2O4. The van der Waals surface area contributed by atoms with Crippen LogP contribution in [-0.2, 0) is 22.7 Å². The molecule has 2 saturated carbocycles. The van der Waals surface area contributed by atoms with E-state index in [9.17, 15) is 4.79 Å². The second-order valence-electron chi connectivity index (χ2n) is 9.67. The smallest absolute Gasteiger partial charge is 0.410 e. The molecule has 35 heavy (non-hydrogen) atoms. The van der Waals surface area contributed by atoms with Crippen molar-refractivity contribution in [3.8, 4) is 11.3 Å². The largest absolute Gasteiger partial charge is 0.445 e. The second kappa shape index (κ2) is 9.49. The first-order valence-electron chi connectivity index (χ1n) is 12.1. The molecule has 1 aromatic heterocycles. The molecule has 1 amide bonds. The number of carbonyl (C=O) groups is 1. The number of piperidine rings is 1. The van der Waals surface area contributed by atoms with Crippen molar-refractivity contribution < 1.29 is 18.8 Å². The van der Waals surface area contributed by atoms with Crippen molar-refractivity contribution in [2.45, 2.75) is 57.0 Å². The van der Waals surface area contributed by atoms with Gasteiger partial charge in [0, 0.05) is 35.5 Å². The van der Waals surface area contributed by atoms with Crippen molar-refractivity contribution in [2.75, 3.05) is 6.54 Å². The predicted molar refractivity (Wildman–Crippen MR) is 132 cm³/mol. The first kappa shape index (κ1) is 22.9. The SMILES string of the molecule is O=C(OCc1ccccc1)N1C[C@H]2C[C@@H]1C[C@H]2OCc1c(-c2c(Cl)cccc2Cl)noc1C1CC1. The molecule has 3 aromatic rings. The van der Waals surface area contributed by atoms with Crippen LogP contribution < -0.4 is 0 Å². The van der Waals surface area contributed by atoms with E-state index in [4.69, 9.17) is 37.2 Å². The Kier molecular flexibility index (Phi) is 6.21. The molecule has 8 heteroatoms. The molecule has 0 unspecified atom stereocenters. The fraction of sp³-hybridized carbons (Fsp3) is 0.407. The van der Waals surface area contributed by atoms with Gasteiger partial charge in [0.2, 0.25) is 0 Å². The van der Waals surface area contributed by atoms with Crippen molar-refractivity contribution in [3.05, 3.63) is 75.5 Å². The molecule has 1 aliphatic heterocycles. The van der Waals surface area contributed by atoms with Gasteiger partial charge in [0.15, 0.2) is 0 Å². The minimum absolute atomic E-state index is 0.0784. The van der Waals surface area contributed by atoms with E-state index in [1.54, 1.807) is 12.1 Å². The van der Waals surface area contributed by atoms with Crippen molar-refractivity contribution in [2.24, 2.45) is 5.92 Å². The monoisotopic (exact) mass is 512 g/mol. The van der Waals surface area contributed by atoms with Gasteiger partial charge in [-0.2, -0.15) is 0 Å². The summed E-state index contributed by atoms with van der Waals surface area (Å²) in [5.41, 5.74) is 3.27. The van der Waals surface area contributed by atoms with E-state index in [2.05, 4.69) is 5.16 Å². The van der Waals surface area contributed by atoms with Crippen LogP contribution in [0.4, 0.5) is 4.79 Å². The molecule has 1 saturated heterocycles. The zero-order valence-corrected chi connectivity index (χ0v) is 20.7. The Morgan fingerprint density at radius 1 is 1.03 bits per heavy atom. The molecule has 6 nitrogen and oxygen atoms in total. The van der Waals surface area contributed by atoms with Crippen molar-refractivity contribution in [1.29, 1.82) is 0 Å². The lowest BCUT2D eigenvalue weighted by Gasteiger charge is -2.31. The number of halogens is 2. The van der Waals surface area contributed by atoms with Gasteiger partial charge in [0.05, 0.1) is 22.8 Å². The molecule has 3 aliphatic rings. The minimum Gasteiger partial charge on any atom is -0.445 e. The van der Waals surface area contributed by atoms with Gasteiger partial charge in [-0.05, 0) is 43.4 Å². The molecule has 2 aromatic carbocycles. The predicted octanol–water partition coefficient (Wildman–Crippen LogP) is 6.84. The second-order valence-corrected chi connectivity index (χ2v) is 10.5. The Morgan fingerprint density at radius 3 is 2.49 bits per heavy atom. The van der Waals surface area contributed by atoms with Gasteiger partial charge in [-0.1, -0.05) is 64.8 Å². The first-order chi connectivity index (χ1) is 17.1. The number of fused-ring (bicyclic) bond motifs is 2. The average Bonchev–Trinajstić information content (AvgIpc) is 3.31. The molecule has 2 heterocycles. The zero-order valence-electron chi connectivity index (χ0n) is 19.2. The van der Waals surface area contributed by atoms with Gasteiger partial charge in [-0.15, -0.1) is 0 Å². The summed E-state index contributed by atoms with van der Waals surface area (Å²) in [5, 5.41) is 5.43. The van der Waals surface area contributed by atoms with Gasteiger partial charge in [-0.25, -0.2) is 4.79 Å². The molecule has 2 aliphatic carbocycles. The third-order valence-corrected chi connectivity index (χ3v) is 7.95. The lowest BCUT2D eigenvalue weighted by Crippen LogP contribution is -2.42. The van der Waals surface area contributed by atoms with Crippen LogP contribution in [0, 0.1) is 5.92 Å². The summed E-state index contributed by atoms with van der Waals surface area (Å²) in [6, 6.07) is 15.3. The van der Waals surface area contributed by atoms with Gasteiger partial charge in [0.1, 0.15) is 18.1 Å². The van der Waals surface area contributed by atoms with E-state index in [1.165, 1.54) is 0 Å². The van der Waals surface area contributed by atoms with E-state index >= 15 is 0 Å². The highest BCUT2D eigenvalue weighted by atomic mass is 35.5. The number of hydrogen-bond donors (Lipinski definition) is 0. The summed E-state index contributed by atoms with van der Waals surface area (Å²) >= 11 is 12.9. The maximum atomic E-state index is 12.7. The van der Waals surface area contributed by atoms with Crippen LogP contribution in [-0.4, -0.2) is 34.8 Å². The van der Waals surface area contributed by atoms with E-state index in [0.29, 0.717) is 46.3 Å². The Morgan fingerprint density at radius 2 is 1.80 bits per heavy atom. The van der Waals surface area contributed by atoms with Gasteiger partial charge in [0.25, 0.3) is 0 Å². The van der Waals surface area contributed by atoms with Crippen LogP contribution in [0.1, 0.15) is 48.5 Å². The number of carbonyl (C=O) groups excluding carboxylic acids is 1. The third kappa shape index (κ3) is 4.55. The number of hydrogen-bond acceptors (Lipinski definition) is 5. The zero-order chi connectivity index (χ0) is 23.9. The van der Waals surface area contributed by atoms with Gasteiger partial charge in [-0.3, -0.25) is 0 Å². The Labute approximate surface area is 214 Å².